The van der Waals surface area contributed by atoms with Gasteiger partial charge in [-0.3, -0.25) is 9.89 Å². The summed E-state index contributed by atoms with van der Waals surface area (Å²) in [6, 6.07) is 4.14. The normalized spacial score (nSPS) is 18.4. The van der Waals surface area contributed by atoms with Gasteiger partial charge in [0.05, 0.1) is 25.8 Å². The molecule has 0 spiro atoms. The first-order valence-corrected chi connectivity index (χ1v) is 8.12. The monoisotopic (exact) mass is 308 g/mol. The molecule has 0 aliphatic carbocycles. The molecule has 1 aliphatic rings. The minimum absolute atomic E-state index is 0.115. The lowest BCUT2D eigenvalue weighted by atomic mass is 10.1. The number of unbranched alkanes of at least 4 members (excludes halogenated alkanes) is 1. The fourth-order valence-electron chi connectivity index (χ4n) is 2.54. The second kappa shape index (κ2) is 8.80. The lowest BCUT2D eigenvalue weighted by Gasteiger charge is -2.32. The number of furan rings is 1. The summed E-state index contributed by atoms with van der Waals surface area (Å²) < 4.78 is 11.3. The molecule has 0 aromatic carbocycles. The first-order valence-electron chi connectivity index (χ1n) is 8.12. The Labute approximate surface area is 132 Å². The number of morpholine rings is 1. The van der Waals surface area contributed by atoms with E-state index in [1.807, 2.05) is 19.1 Å². The maximum Gasteiger partial charge on any atom is 0.188 e. The first kappa shape index (κ1) is 16.8. The molecule has 3 N–H and O–H groups in total. The number of ether oxygens (including phenoxy) is 1. The summed E-state index contributed by atoms with van der Waals surface area (Å²) >= 11 is 0. The molecule has 22 heavy (non-hydrogen) atoms. The van der Waals surface area contributed by atoms with Gasteiger partial charge in [0.15, 0.2) is 5.96 Å². The second-order valence-corrected chi connectivity index (χ2v) is 5.62. The largest absolute Gasteiger partial charge is 0.465 e. The highest BCUT2D eigenvalue weighted by Gasteiger charge is 2.25. The van der Waals surface area contributed by atoms with Gasteiger partial charge >= 0.3 is 0 Å². The van der Waals surface area contributed by atoms with Crippen LogP contribution in [0.5, 0.6) is 0 Å². The number of hydrogen-bond acceptors (Lipinski definition) is 4. The van der Waals surface area contributed by atoms with Gasteiger partial charge in [-0.25, -0.2) is 0 Å². The Morgan fingerprint density at radius 1 is 1.41 bits per heavy atom. The molecule has 1 atom stereocenters. The molecule has 1 aromatic rings. The van der Waals surface area contributed by atoms with E-state index in [4.69, 9.17) is 14.9 Å². The number of rotatable bonds is 7. The van der Waals surface area contributed by atoms with Crippen molar-refractivity contribution >= 4 is 5.96 Å². The van der Waals surface area contributed by atoms with Crippen molar-refractivity contribution in [3.63, 3.8) is 0 Å². The number of aryl methyl sites for hydroxylation is 1. The molecule has 2 heterocycles. The van der Waals surface area contributed by atoms with Crippen LogP contribution < -0.4 is 11.1 Å². The van der Waals surface area contributed by atoms with Crippen molar-refractivity contribution in [1.29, 1.82) is 0 Å². The van der Waals surface area contributed by atoms with Crippen LogP contribution in [0.15, 0.2) is 21.5 Å². The zero-order valence-corrected chi connectivity index (χ0v) is 13.7. The molecule has 1 aliphatic heterocycles. The molecule has 6 heteroatoms. The third kappa shape index (κ3) is 5.03. The van der Waals surface area contributed by atoms with E-state index in [1.54, 1.807) is 0 Å². The summed E-state index contributed by atoms with van der Waals surface area (Å²) in [4.78, 5) is 6.85. The van der Waals surface area contributed by atoms with Gasteiger partial charge < -0.3 is 20.2 Å². The zero-order valence-electron chi connectivity index (χ0n) is 13.7. The Kier molecular flexibility index (Phi) is 6.74. The lowest BCUT2D eigenvalue weighted by Crippen LogP contribution is -2.41. The van der Waals surface area contributed by atoms with Crippen LogP contribution >= 0.6 is 0 Å². The van der Waals surface area contributed by atoms with Crippen LogP contribution in [-0.4, -0.2) is 50.3 Å². The van der Waals surface area contributed by atoms with Gasteiger partial charge in [-0.2, -0.15) is 0 Å². The van der Waals surface area contributed by atoms with Crippen LogP contribution in [0.25, 0.3) is 0 Å². The molecule has 1 saturated heterocycles. The molecule has 1 fully saturated rings. The van der Waals surface area contributed by atoms with E-state index in [2.05, 4.69) is 22.1 Å². The van der Waals surface area contributed by atoms with Gasteiger partial charge in [-0.1, -0.05) is 13.3 Å². The van der Waals surface area contributed by atoms with Crippen molar-refractivity contribution in [3.8, 4) is 0 Å². The minimum atomic E-state index is 0.115. The first-order chi connectivity index (χ1) is 10.7. The molecule has 1 aromatic heterocycles. The lowest BCUT2D eigenvalue weighted by molar-refractivity contribution is 0.0135. The molecule has 0 bridgehead atoms. The molecule has 124 valence electrons. The van der Waals surface area contributed by atoms with Crippen LogP contribution in [0.3, 0.4) is 0 Å². The van der Waals surface area contributed by atoms with E-state index in [1.165, 1.54) is 0 Å². The predicted molar refractivity (Wildman–Crippen MR) is 88.0 cm³/mol. The van der Waals surface area contributed by atoms with Crippen molar-refractivity contribution in [2.45, 2.75) is 32.7 Å². The Morgan fingerprint density at radius 3 is 2.82 bits per heavy atom. The summed E-state index contributed by atoms with van der Waals surface area (Å²) in [6.07, 6.45) is 2.24. The number of nitrogens with zero attached hydrogens (tertiary/aromatic N) is 2. The highest BCUT2D eigenvalue weighted by Crippen LogP contribution is 2.24. The number of nitrogens with two attached hydrogens (primary N) is 1. The molecular weight excluding hydrogens is 280 g/mol. The van der Waals surface area contributed by atoms with Gasteiger partial charge in [0.25, 0.3) is 0 Å². The standard InChI is InChI=1S/C16H28N4O2/c1-3-4-7-18-16(17)19-12-14(15-6-5-13(2)22-15)20-8-10-21-11-9-20/h5-6,14H,3-4,7-12H2,1-2H3,(H3,17,18,19). The quantitative estimate of drug-likeness (QED) is 0.455. The molecule has 2 rings (SSSR count). The highest BCUT2D eigenvalue weighted by atomic mass is 16.5. The SMILES string of the molecule is CCCCNC(N)=NCC(c1ccc(C)o1)N1CCOCC1. The van der Waals surface area contributed by atoms with Gasteiger partial charge in [-0.05, 0) is 25.5 Å². The third-order valence-corrected chi connectivity index (χ3v) is 3.85. The van der Waals surface area contributed by atoms with E-state index in [9.17, 15) is 0 Å². The van der Waals surface area contributed by atoms with Crippen molar-refractivity contribution in [3.05, 3.63) is 23.7 Å². The highest BCUT2D eigenvalue weighted by molar-refractivity contribution is 5.77. The smallest absolute Gasteiger partial charge is 0.188 e. The summed E-state index contributed by atoms with van der Waals surface area (Å²) in [5.41, 5.74) is 5.94. The number of nitrogens with one attached hydrogen (secondary N) is 1. The average Bonchev–Trinajstić information content (AvgIpc) is 2.95. The molecular formula is C16H28N4O2. The third-order valence-electron chi connectivity index (χ3n) is 3.85. The predicted octanol–water partition coefficient (Wildman–Crippen LogP) is 1.67. The van der Waals surface area contributed by atoms with Crippen LogP contribution in [0.1, 0.15) is 37.3 Å². The van der Waals surface area contributed by atoms with Crippen molar-refractivity contribution in [2.75, 3.05) is 39.4 Å². The molecule has 0 amide bonds. The number of guanidine groups is 1. The number of aliphatic imine (C=N–C) groups is 1. The van der Waals surface area contributed by atoms with E-state index in [0.29, 0.717) is 12.5 Å². The minimum Gasteiger partial charge on any atom is -0.465 e. The second-order valence-electron chi connectivity index (χ2n) is 5.62. The van der Waals surface area contributed by atoms with Gasteiger partial charge in [0.1, 0.15) is 11.5 Å². The topological polar surface area (TPSA) is 76.0 Å². The molecule has 6 nitrogen and oxygen atoms in total. The van der Waals surface area contributed by atoms with E-state index < -0.39 is 0 Å². The van der Waals surface area contributed by atoms with E-state index >= 15 is 0 Å². The Balaban J connectivity index is 1.99. The Hall–Kier alpha value is -1.53. The van der Waals surface area contributed by atoms with Crippen LogP contribution in [-0.2, 0) is 4.74 Å². The van der Waals surface area contributed by atoms with Crippen molar-refractivity contribution in [1.82, 2.24) is 10.2 Å². The maximum atomic E-state index is 5.94. The Morgan fingerprint density at radius 2 is 2.18 bits per heavy atom. The summed E-state index contributed by atoms with van der Waals surface area (Å²) in [6.45, 7) is 8.87. The number of hydrogen-bond donors (Lipinski definition) is 2. The van der Waals surface area contributed by atoms with Gasteiger partial charge in [0.2, 0.25) is 0 Å². The fraction of sp³-hybridized carbons (Fsp3) is 0.688. The summed E-state index contributed by atoms with van der Waals surface area (Å²) in [5, 5.41) is 3.15. The zero-order chi connectivity index (χ0) is 15.8. The fourth-order valence-corrected chi connectivity index (χ4v) is 2.54. The van der Waals surface area contributed by atoms with Crippen LogP contribution in [0.2, 0.25) is 0 Å². The molecule has 1 unspecified atom stereocenters. The van der Waals surface area contributed by atoms with Crippen molar-refractivity contribution < 1.29 is 9.15 Å². The van der Waals surface area contributed by atoms with E-state index in [-0.39, 0.29) is 6.04 Å². The Bertz CT molecular complexity index is 466. The maximum absolute atomic E-state index is 5.94. The van der Waals surface area contributed by atoms with E-state index in [0.717, 1.165) is 57.2 Å². The van der Waals surface area contributed by atoms with Gasteiger partial charge in [0, 0.05) is 19.6 Å². The summed E-state index contributed by atoms with van der Waals surface area (Å²) in [7, 11) is 0. The van der Waals surface area contributed by atoms with Crippen LogP contribution in [0, 0.1) is 6.92 Å². The van der Waals surface area contributed by atoms with Gasteiger partial charge in [-0.15, -0.1) is 0 Å². The molecule has 0 radical (unpaired) electrons. The molecule has 0 saturated carbocycles. The van der Waals surface area contributed by atoms with Crippen LogP contribution in [0.4, 0.5) is 0 Å². The van der Waals surface area contributed by atoms with Crippen molar-refractivity contribution in [2.24, 2.45) is 10.7 Å². The summed E-state index contributed by atoms with van der Waals surface area (Å²) in [5.74, 6) is 2.38. The average molecular weight is 308 g/mol.